The number of benzene rings is 2. The number of aryl methyl sites for hydroxylation is 2. The molecule has 1 amide bonds. The van der Waals surface area contributed by atoms with Crippen LogP contribution in [0.25, 0.3) is 11.5 Å². The van der Waals surface area contributed by atoms with E-state index < -0.39 is 22.7 Å². The number of hydrogen-bond donors (Lipinski definition) is 2. The molecule has 0 radical (unpaired) electrons. The highest BCUT2D eigenvalue weighted by Gasteiger charge is 2.30. The second-order valence-electron chi connectivity index (χ2n) is 6.88. The first-order valence-electron chi connectivity index (χ1n) is 9.38. The van der Waals surface area contributed by atoms with E-state index in [9.17, 15) is 26.4 Å². The minimum atomic E-state index is -4.67. The van der Waals surface area contributed by atoms with Gasteiger partial charge < -0.3 is 9.73 Å². The van der Waals surface area contributed by atoms with Gasteiger partial charge in [0.05, 0.1) is 4.90 Å². The number of nitrogens with one attached hydrogen (secondary N) is 2. The van der Waals surface area contributed by atoms with Gasteiger partial charge in [0.1, 0.15) is 6.54 Å². The maximum absolute atomic E-state index is 12.2. The minimum absolute atomic E-state index is 0.0305. The largest absolute Gasteiger partial charge is 0.421 e. The van der Waals surface area contributed by atoms with Crippen molar-refractivity contribution in [3.8, 4) is 11.5 Å². The number of nitrogens with zero attached hydrogens (tertiary/aromatic N) is 2. The molecule has 0 spiro atoms. The van der Waals surface area contributed by atoms with Crippen LogP contribution >= 0.6 is 0 Å². The van der Waals surface area contributed by atoms with Crippen LogP contribution in [0.1, 0.15) is 17.9 Å². The maximum Gasteiger partial charge on any atom is 0.402 e. The Balaban J connectivity index is 1.53. The summed E-state index contributed by atoms with van der Waals surface area (Å²) in [7, 11) is -4.32. The number of alkyl halides is 3. The summed E-state index contributed by atoms with van der Waals surface area (Å²) in [5, 5.41) is 10.4. The molecule has 0 unspecified atom stereocenters. The Morgan fingerprint density at radius 1 is 1.03 bits per heavy atom. The molecule has 1 heterocycles. The van der Waals surface area contributed by atoms with E-state index in [-0.39, 0.29) is 35.2 Å². The zero-order valence-electron chi connectivity index (χ0n) is 16.8. The molecule has 0 saturated heterocycles. The number of anilines is 1. The molecule has 3 aromatic rings. The Labute approximate surface area is 181 Å². The monoisotopic (exact) mass is 468 g/mol. The SMILES string of the molecule is Cc1ccc(-c2nnc(CCC(=O)Nc3ccc(S(=O)(=O)NCC(F)(F)F)cc3)o2)cc1. The molecule has 2 aromatic carbocycles. The van der Waals surface area contributed by atoms with Crippen LogP contribution in [-0.2, 0) is 21.2 Å². The van der Waals surface area contributed by atoms with Crippen molar-refractivity contribution >= 4 is 21.6 Å². The summed E-state index contributed by atoms with van der Waals surface area (Å²) in [4.78, 5) is 11.8. The fourth-order valence-corrected chi connectivity index (χ4v) is 3.60. The second-order valence-corrected chi connectivity index (χ2v) is 8.65. The Hall–Kier alpha value is -3.25. The van der Waals surface area contributed by atoms with Gasteiger partial charge in [0, 0.05) is 24.1 Å². The van der Waals surface area contributed by atoms with Crippen molar-refractivity contribution in [2.24, 2.45) is 0 Å². The number of sulfonamides is 1. The number of hydrogen-bond acceptors (Lipinski definition) is 6. The molecule has 12 heteroatoms. The summed E-state index contributed by atoms with van der Waals surface area (Å²) in [6.45, 7) is 0.286. The minimum Gasteiger partial charge on any atom is -0.421 e. The molecular weight excluding hydrogens is 449 g/mol. The second kappa shape index (κ2) is 9.49. The van der Waals surface area contributed by atoms with E-state index in [4.69, 9.17) is 4.42 Å². The van der Waals surface area contributed by atoms with Crippen molar-refractivity contribution in [2.75, 3.05) is 11.9 Å². The lowest BCUT2D eigenvalue weighted by atomic mass is 10.1. The summed E-state index contributed by atoms with van der Waals surface area (Å²) in [5.74, 6) is 0.245. The van der Waals surface area contributed by atoms with Crippen LogP contribution in [-0.4, -0.2) is 37.2 Å². The van der Waals surface area contributed by atoms with Gasteiger partial charge in [-0.1, -0.05) is 17.7 Å². The van der Waals surface area contributed by atoms with Crippen LogP contribution < -0.4 is 10.0 Å². The standard InChI is InChI=1S/C20H19F3N4O4S/c1-13-2-4-14(5-3-13)19-27-26-18(31-19)11-10-17(28)25-15-6-8-16(9-7-15)32(29,30)24-12-20(21,22)23/h2-9,24H,10-12H2,1H3,(H,25,28). The quantitative estimate of drug-likeness (QED) is 0.523. The summed E-state index contributed by atoms with van der Waals surface area (Å²) in [6, 6.07) is 12.3. The van der Waals surface area contributed by atoms with Crippen LogP contribution in [0.4, 0.5) is 18.9 Å². The summed E-state index contributed by atoms with van der Waals surface area (Å²) in [5.41, 5.74) is 2.14. The van der Waals surface area contributed by atoms with Crippen molar-refractivity contribution in [2.45, 2.75) is 30.8 Å². The van der Waals surface area contributed by atoms with Crippen molar-refractivity contribution in [1.82, 2.24) is 14.9 Å². The fourth-order valence-electron chi connectivity index (χ4n) is 2.59. The summed E-state index contributed by atoms with van der Waals surface area (Å²) in [6.07, 6.45) is -4.44. The highest BCUT2D eigenvalue weighted by atomic mass is 32.2. The lowest BCUT2D eigenvalue weighted by molar-refractivity contribution is -0.121. The zero-order chi connectivity index (χ0) is 23.4. The molecule has 0 bridgehead atoms. The number of amides is 1. The average Bonchev–Trinajstić information content (AvgIpc) is 3.20. The molecule has 3 rings (SSSR count). The molecule has 0 saturated carbocycles. The molecule has 1 aromatic heterocycles. The highest BCUT2D eigenvalue weighted by molar-refractivity contribution is 7.89. The zero-order valence-corrected chi connectivity index (χ0v) is 17.6. The lowest BCUT2D eigenvalue weighted by Crippen LogP contribution is -2.33. The summed E-state index contributed by atoms with van der Waals surface area (Å²) < 4.78 is 67.4. The van der Waals surface area contributed by atoms with Crippen LogP contribution in [0.2, 0.25) is 0 Å². The van der Waals surface area contributed by atoms with Crippen molar-refractivity contribution in [1.29, 1.82) is 0 Å². The number of halogens is 3. The van der Waals surface area contributed by atoms with E-state index >= 15 is 0 Å². The van der Waals surface area contributed by atoms with Crippen LogP contribution in [0.5, 0.6) is 0 Å². The molecule has 0 atom stereocenters. The predicted octanol–water partition coefficient (Wildman–Crippen LogP) is 3.46. The molecule has 0 aliphatic heterocycles. The van der Waals surface area contributed by atoms with Gasteiger partial charge in [0.15, 0.2) is 0 Å². The van der Waals surface area contributed by atoms with Gasteiger partial charge >= 0.3 is 6.18 Å². The number of aromatic nitrogens is 2. The molecule has 0 fully saturated rings. The number of carbonyl (C=O) groups excluding carboxylic acids is 1. The van der Waals surface area contributed by atoms with Crippen molar-refractivity contribution < 1.29 is 30.8 Å². The van der Waals surface area contributed by atoms with E-state index in [0.717, 1.165) is 23.3 Å². The van der Waals surface area contributed by atoms with E-state index in [1.54, 1.807) is 0 Å². The first kappa shape index (κ1) is 23.4. The fraction of sp³-hybridized carbons (Fsp3) is 0.250. The number of carbonyl (C=O) groups is 1. The van der Waals surface area contributed by atoms with Gasteiger partial charge in [-0.3, -0.25) is 4.79 Å². The summed E-state index contributed by atoms with van der Waals surface area (Å²) >= 11 is 0. The Morgan fingerprint density at radius 2 is 1.69 bits per heavy atom. The van der Waals surface area contributed by atoms with E-state index in [0.29, 0.717) is 5.89 Å². The molecule has 8 nitrogen and oxygen atoms in total. The molecule has 0 aliphatic rings. The van der Waals surface area contributed by atoms with Gasteiger partial charge in [-0.05, 0) is 43.3 Å². The first-order chi connectivity index (χ1) is 15.0. The third-order valence-corrected chi connectivity index (χ3v) is 5.66. The molecule has 170 valence electrons. The first-order valence-corrected chi connectivity index (χ1v) is 10.9. The van der Waals surface area contributed by atoms with Crippen LogP contribution in [0, 0.1) is 6.92 Å². The van der Waals surface area contributed by atoms with Gasteiger partial charge in [0.25, 0.3) is 0 Å². The molecule has 2 N–H and O–H groups in total. The average molecular weight is 468 g/mol. The lowest BCUT2D eigenvalue weighted by Gasteiger charge is -2.10. The maximum atomic E-state index is 12.2. The van der Waals surface area contributed by atoms with Crippen molar-refractivity contribution in [3.05, 3.63) is 60.0 Å². The van der Waals surface area contributed by atoms with E-state index in [1.807, 2.05) is 31.2 Å². The van der Waals surface area contributed by atoms with E-state index in [1.165, 1.54) is 16.9 Å². The van der Waals surface area contributed by atoms with E-state index in [2.05, 4.69) is 15.5 Å². The van der Waals surface area contributed by atoms with Gasteiger partial charge in [-0.2, -0.15) is 13.2 Å². The third kappa shape index (κ3) is 6.62. The Bertz CT molecular complexity index is 1170. The Kier molecular flexibility index (Phi) is 6.94. The predicted molar refractivity (Wildman–Crippen MR) is 109 cm³/mol. The number of rotatable bonds is 8. The van der Waals surface area contributed by atoms with Gasteiger partial charge in [-0.25, -0.2) is 13.1 Å². The Morgan fingerprint density at radius 3 is 2.31 bits per heavy atom. The third-order valence-electron chi connectivity index (χ3n) is 4.24. The normalized spacial score (nSPS) is 12.0. The molecular formula is C20H19F3N4O4S. The molecule has 0 aliphatic carbocycles. The van der Waals surface area contributed by atoms with Gasteiger partial charge in [0.2, 0.25) is 27.7 Å². The smallest absolute Gasteiger partial charge is 0.402 e. The van der Waals surface area contributed by atoms with Gasteiger partial charge in [-0.15, -0.1) is 10.2 Å². The van der Waals surface area contributed by atoms with Crippen molar-refractivity contribution in [3.63, 3.8) is 0 Å². The van der Waals surface area contributed by atoms with Crippen LogP contribution in [0.15, 0.2) is 57.8 Å². The highest BCUT2D eigenvalue weighted by Crippen LogP contribution is 2.20. The van der Waals surface area contributed by atoms with Crippen LogP contribution in [0.3, 0.4) is 0 Å². The topological polar surface area (TPSA) is 114 Å². The molecule has 32 heavy (non-hydrogen) atoms.